The van der Waals surface area contributed by atoms with Crippen LogP contribution in [0.2, 0.25) is 5.02 Å². The number of carbonyl (C=O) groups is 1. The third kappa shape index (κ3) is 6.96. The molecule has 0 unspecified atom stereocenters. The van der Waals surface area contributed by atoms with Crippen LogP contribution in [-0.2, 0) is 19.4 Å². The Hall–Kier alpha value is -4.96. The minimum Gasteiger partial charge on any atom is -0.305 e. The van der Waals surface area contributed by atoms with Gasteiger partial charge < -0.3 is 4.90 Å². The normalized spacial score (nSPS) is 14.0. The predicted octanol–water partition coefficient (Wildman–Crippen LogP) is 10.2. The number of nitrogens with zero attached hydrogens (tertiary/aromatic N) is 6. The van der Waals surface area contributed by atoms with Crippen molar-refractivity contribution in [2.24, 2.45) is 4.99 Å². The maximum Gasteiger partial charge on any atom is 0.258 e. The summed E-state index contributed by atoms with van der Waals surface area (Å²) in [7, 11) is 0. The molecular formula is C42H37ClN6OS2. The minimum absolute atomic E-state index is 0.0630. The molecule has 0 bridgehead atoms. The van der Waals surface area contributed by atoms with Gasteiger partial charge in [-0.05, 0) is 86.2 Å². The minimum atomic E-state index is -0.0630. The van der Waals surface area contributed by atoms with E-state index in [4.69, 9.17) is 21.6 Å². The van der Waals surface area contributed by atoms with Crippen LogP contribution in [0.15, 0.2) is 102 Å². The average molecular weight is 741 g/mol. The SMILES string of the molecule is C=CCN(C(=O)c1cccc(CCc2cc3c(s2)-n2c(C)nnc2CN=C3c2ccccc2Cl)c1)c1cccc(/C=C/c2nc(C3CCC3)cs2)c1. The Morgan fingerprint density at radius 1 is 1.00 bits per heavy atom. The third-order valence-corrected chi connectivity index (χ3v) is 12.0. The highest BCUT2D eigenvalue weighted by Crippen LogP contribution is 2.37. The first-order valence-corrected chi connectivity index (χ1v) is 19.6. The Morgan fingerprint density at radius 2 is 1.87 bits per heavy atom. The second-order valence-electron chi connectivity index (χ2n) is 13.1. The van der Waals surface area contributed by atoms with Gasteiger partial charge in [0.15, 0.2) is 5.82 Å². The smallest absolute Gasteiger partial charge is 0.258 e. The van der Waals surface area contributed by atoms with E-state index in [1.165, 1.54) is 29.8 Å². The van der Waals surface area contributed by atoms with Gasteiger partial charge in [0.2, 0.25) is 0 Å². The van der Waals surface area contributed by atoms with E-state index in [-0.39, 0.29) is 5.91 Å². The Labute approximate surface area is 316 Å². The highest BCUT2D eigenvalue weighted by molar-refractivity contribution is 7.15. The quantitative estimate of drug-likeness (QED) is 0.124. The number of halogens is 1. The van der Waals surface area contributed by atoms with Crippen LogP contribution in [0.1, 0.15) is 85.0 Å². The molecule has 1 fully saturated rings. The van der Waals surface area contributed by atoms with Crippen molar-refractivity contribution in [3.8, 4) is 5.00 Å². The maximum atomic E-state index is 14.1. The molecule has 3 aromatic heterocycles. The number of hydrogen-bond acceptors (Lipinski definition) is 7. The van der Waals surface area contributed by atoms with Crippen LogP contribution in [0.4, 0.5) is 5.69 Å². The van der Waals surface area contributed by atoms with Gasteiger partial charge in [-0.1, -0.05) is 72.6 Å². The van der Waals surface area contributed by atoms with Crippen molar-refractivity contribution in [2.45, 2.75) is 51.5 Å². The van der Waals surface area contributed by atoms with Crippen LogP contribution in [0.25, 0.3) is 17.2 Å². The van der Waals surface area contributed by atoms with Crippen molar-refractivity contribution in [3.05, 3.63) is 157 Å². The number of aromatic nitrogens is 4. The molecule has 52 heavy (non-hydrogen) atoms. The van der Waals surface area contributed by atoms with Gasteiger partial charge in [-0.25, -0.2) is 4.98 Å². The highest BCUT2D eigenvalue weighted by Gasteiger charge is 2.26. The number of aryl methyl sites for hydroxylation is 3. The molecule has 2 aliphatic rings. The third-order valence-electron chi connectivity index (χ3n) is 9.68. The van der Waals surface area contributed by atoms with Crippen LogP contribution in [0.3, 0.4) is 0 Å². The second-order valence-corrected chi connectivity index (χ2v) is 15.6. The molecule has 260 valence electrons. The molecule has 0 saturated heterocycles. The van der Waals surface area contributed by atoms with Crippen LogP contribution >= 0.6 is 34.3 Å². The molecule has 1 aliphatic heterocycles. The molecule has 8 rings (SSSR count). The summed E-state index contributed by atoms with van der Waals surface area (Å²) >= 11 is 10.1. The molecule has 1 aliphatic carbocycles. The molecule has 1 saturated carbocycles. The molecule has 6 aromatic rings. The Kier molecular flexibility index (Phi) is 9.82. The molecule has 0 spiro atoms. The van der Waals surface area contributed by atoms with Crippen LogP contribution in [0, 0.1) is 6.92 Å². The van der Waals surface area contributed by atoms with Gasteiger partial charge in [0.05, 0.1) is 11.4 Å². The standard InChI is InChI=1S/C42H37ClN6OS2/c1-3-21-48(32-14-7-10-29(23-32)18-20-39-45-37(26-51-39)30-11-8-12-30)41(50)31-13-6-9-28(22-31)17-19-33-24-35-40(34-15-4-5-16-36(34)43)44-25-38-47-46-27(2)49(38)42(35)52-33/h3-7,9-10,13-16,18,20,22-24,26,30H,1,8,11-12,17,19,21,25H2,2H3/b20-18+. The molecule has 3 aromatic carbocycles. The van der Waals surface area contributed by atoms with E-state index < -0.39 is 0 Å². The summed E-state index contributed by atoms with van der Waals surface area (Å²) < 4.78 is 2.11. The summed E-state index contributed by atoms with van der Waals surface area (Å²) in [5.41, 5.74) is 7.59. The van der Waals surface area contributed by atoms with Gasteiger partial charge in [-0.3, -0.25) is 14.4 Å². The van der Waals surface area contributed by atoms with E-state index in [0.29, 0.717) is 29.6 Å². The lowest BCUT2D eigenvalue weighted by atomic mass is 9.83. The van der Waals surface area contributed by atoms with E-state index in [9.17, 15) is 4.79 Å². The monoisotopic (exact) mass is 740 g/mol. The lowest BCUT2D eigenvalue weighted by Crippen LogP contribution is -2.31. The van der Waals surface area contributed by atoms with Gasteiger partial charge in [0.1, 0.15) is 22.4 Å². The zero-order chi connectivity index (χ0) is 35.6. The van der Waals surface area contributed by atoms with Crippen molar-refractivity contribution in [2.75, 3.05) is 11.4 Å². The molecule has 0 N–H and O–H groups in total. The number of anilines is 1. The summed E-state index contributed by atoms with van der Waals surface area (Å²) in [6.45, 7) is 6.74. The van der Waals surface area contributed by atoms with Crippen molar-refractivity contribution < 1.29 is 4.79 Å². The van der Waals surface area contributed by atoms with Gasteiger partial charge in [0, 0.05) is 50.1 Å². The zero-order valence-electron chi connectivity index (χ0n) is 28.8. The first-order valence-electron chi connectivity index (χ1n) is 17.5. The summed E-state index contributed by atoms with van der Waals surface area (Å²) in [5.74, 6) is 2.20. The van der Waals surface area contributed by atoms with E-state index in [2.05, 4.69) is 57.1 Å². The molecule has 1 amide bonds. The van der Waals surface area contributed by atoms with Crippen LogP contribution in [-0.4, -0.2) is 37.9 Å². The van der Waals surface area contributed by atoms with Crippen molar-refractivity contribution in [1.29, 1.82) is 0 Å². The first kappa shape index (κ1) is 34.1. The van der Waals surface area contributed by atoms with Gasteiger partial charge in [-0.2, -0.15) is 0 Å². The lowest BCUT2D eigenvalue weighted by Gasteiger charge is -2.22. The number of thiazole rings is 1. The van der Waals surface area contributed by atoms with Crippen LogP contribution in [0.5, 0.6) is 0 Å². The van der Waals surface area contributed by atoms with Gasteiger partial charge in [0.25, 0.3) is 5.91 Å². The van der Waals surface area contributed by atoms with Crippen LogP contribution < -0.4 is 4.90 Å². The lowest BCUT2D eigenvalue weighted by molar-refractivity contribution is 0.0989. The molecule has 0 radical (unpaired) electrons. The number of amides is 1. The fourth-order valence-electron chi connectivity index (χ4n) is 6.73. The Morgan fingerprint density at radius 3 is 2.69 bits per heavy atom. The summed E-state index contributed by atoms with van der Waals surface area (Å²) in [4.78, 5) is 26.8. The number of thiophene rings is 1. The molecule has 10 heteroatoms. The van der Waals surface area contributed by atoms with E-state index in [0.717, 1.165) is 68.2 Å². The fourth-order valence-corrected chi connectivity index (χ4v) is 8.97. The number of hydrogen-bond donors (Lipinski definition) is 0. The summed E-state index contributed by atoms with van der Waals surface area (Å²) in [6, 6.07) is 26.1. The number of benzene rings is 3. The first-order chi connectivity index (χ1) is 25.4. The molecule has 4 heterocycles. The Bertz CT molecular complexity index is 2350. The fraction of sp³-hybridized carbons (Fsp3) is 0.214. The van der Waals surface area contributed by atoms with Gasteiger partial charge >= 0.3 is 0 Å². The van der Waals surface area contributed by atoms with Crippen molar-refractivity contribution in [1.82, 2.24) is 19.7 Å². The highest BCUT2D eigenvalue weighted by atomic mass is 35.5. The molecule has 0 atom stereocenters. The zero-order valence-corrected chi connectivity index (χ0v) is 31.2. The predicted molar refractivity (Wildman–Crippen MR) is 215 cm³/mol. The average Bonchev–Trinajstić information content (AvgIpc) is 3.85. The largest absolute Gasteiger partial charge is 0.305 e. The summed E-state index contributed by atoms with van der Waals surface area (Å²) in [5, 5.41) is 13.7. The Balaban J connectivity index is 1.01. The maximum absolute atomic E-state index is 14.1. The number of fused-ring (bicyclic) bond motifs is 3. The topological polar surface area (TPSA) is 76.3 Å². The number of aliphatic imine (C=N–C) groups is 1. The van der Waals surface area contributed by atoms with E-state index >= 15 is 0 Å². The number of rotatable bonds is 11. The second kappa shape index (κ2) is 14.9. The molecule has 7 nitrogen and oxygen atoms in total. The van der Waals surface area contributed by atoms with Crippen molar-refractivity contribution >= 4 is 63.7 Å². The van der Waals surface area contributed by atoms with E-state index in [1.807, 2.05) is 67.6 Å². The van der Waals surface area contributed by atoms with Gasteiger partial charge in [-0.15, -0.1) is 39.4 Å². The molecular weight excluding hydrogens is 704 g/mol. The van der Waals surface area contributed by atoms with Crippen molar-refractivity contribution in [3.63, 3.8) is 0 Å². The van der Waals surface area contributed by atoms with E-state index in [1.54, 1.807) is 33.6 Å². The number of carbonyl (C=O) groups excluding carboxylic acids is 1. The summed E-state index contributed by atoms with van der Waals surface area (Å²) in [6.07, 6.45) is 11.3.